The molecule has 0 saturated heterocycles. The number of thiocarbonyl (C=S) groups is 1. The molecule has 0 unspecified atom stereocenters. The summed E-state index contributed by atoms with van der Waals surface area (Å²) >= 11 is 8.06. The van der Waals surface area contributed by atoms with Crippen LogP contribution in [0.2, 0.25) is 0 Å². The highest BCUT2D eigenvalue weighted by atomic mass is 79.9. The highest BCUT2D eigenvalue weighted by Crippen LogP contribution is 2.10. The third-order valence-corrected chi connectivity index (χ3v) is 1.99. The van der Waals surface area contributed by atoms with Crippen molar-refractivity contribution in [2.75, 3.05) is 0 Å². The molecule has 3 N–H and O–H groups in total. The number of hydrogen-bond acceptors (Lipinski definition) is 1. The zero-order chi connectivity index (χ0) is 8.97. The maximum atomic E-state index is 5.29. The lowest BCUT2D eigenvalue weighted by Gasteiger charge is -2.03. The first-order valence-electron chi connectivity index (χ1n) is 3.46. The molecule has 0 spiro atoms. The highest BCUT2D eigenvalue weighted by molar-refractivity contribution is 9.10. The fourth-order valence-corrected chi connectivity index (χ4v) is 1.35. The summed E-state index contributed by atoms with van der Waals surface area (Å²) in [6, 6.07) is 7.98. The van der Waals surface area contributed by atoms with Gasteiger partial charge in [-0.3, -0.25) is 0 Å². The fraction of sp³-hybridized carbons (Fsp3) is 0.125. The number of hydrogen-bond donors (Lipinski definition) is 2. The Labute approximate surface area is 85.3 Å². The van der Waals surface area contributed by atoms with Crippen LogP contribution in [0.15, 0.2) is 28.7 Å². The molecule has 64 valence electrons. The monoisotopic (exact) mass is 244 g/mol. The van der Waals surface area contributed by atoms with Crippen LogP contribution in [0, 0.1) is 0 Å². The second kappa shape index (κ2) is 4.42. The molecule has 0 atom stereocenters. The number of nitrogens with one attached hydrogen (secondary N) is 1. The topological polar surface area (TPSA) is 38.0 Å². The molecule has 0 amide bonds. The minimum absolute atomic E-state index is 0.329. The normalized spacial score (nSPS) is 9.42. The summed E-state index contributed by atoms with van der Waals surface area (Å²) in [6.07, 6.45) is 0. The van der Waals surface area contributed by atoms with Gasteiger partial charge in [-0.15, -0.1) is 0 Å². The molecular weight excluding hydrogens is 236 g/mol. The molecule has 0 aromatic heterocycles. The molecule has 1 aromatic rings. The molecule has 0 fully saturated rings. The lowest BCUT2D eigenvalue weighted by Crippen LogP contribution is -2.28. The van der Waals surface area contributed by atoms with Crippen molar-refractivity contribution in [3.63, 3.8) is 0 Å². The van der Waals surface area contributed by atoms with Crippen molar-refractivity contribution in [3.05, 3.63) is 34.3 Å². The zero-order valence-electron chi connectivity index (χ0n) is 6.38. The van der Waals surface area contributed by atoms with Crippen molar-refractivity contribution in [3.8, 4) is 0 Å². The van der Waals surface area contributed by atoms with Gasteiger partial charge in [0.1, 0.15) is 0 Å². The molecular formula is C8H9BrN2S. The zero-order valence-corrected chi connectivity index (χ0v) is 8.78. The number of rotatable bonds is 2. The SMILES string of the molecule is NC(=S)NCc1cccc(Br)c1. The standard InChI is InChI=1S/C8H9BrN2S/c9-7-3-1-2-6(4-7)5-11-8(10)12/h1-4H,5H2,(H3,10,11,12). The molecule has 0 saturated carbocycles. The molecule has 0 radical (unpaired) electrons. The average Bonchev–Trinajstić information content (AvgIpc) is 2.01. The average molecular weight is 245 g/mol. The van der Waals surface area contributed by atoms with E-state index in [9.17, 15) is 0 Å². The molecule has 0 aliphatic rings. The van der Waals surface area contributed by atoms with E-state index in [1.807, 2.05) is 24.3 Å². The van der Waals surface area contributed by atoms with E-state index in [0.29, 0.717) is 11.7 Å². The fourth-order valence-electron chi connectivity index (χ4n) is 0.836. The predicted molar refractivity (Wildman–Crippen MR) is 57.8 cm³/mol. The summed E-state index contributed by atoms with van der Waals surface area (Å²) in [6.45, 7) is 0.675. The van der Waals surface area contributed by atoms with Gasteiger partial charge in [0.25, 0.3) is 0 Å². The van der Waals surface area contributed by atoms with Gasteiger partial charge in [-0.25, -0.2) is 0 Å². The van der Waals surface area contributed by atoms with Crippen molar-refractivity contribution in [1.82, 2.24) is 5.32 Å². The first kappa shape index (κ1) is 9.48. The van der Waals surface area contributed by atoms with Crippen LogP contribution < -0.4 is 11.1 Å². The Morgan fingerprint density at radius 2 is 2.33 bits per heavy atom. The van der Waals surface area contributed by atoms with E-state index < -0.39 is 0 Å². The van der Waals surface area contributed by atoms with Crippen molar-refractivity contribution in [2.45, 2.75) is 6.54 Å². The van der Waals surface area contributed by atoms with Crippen molar-refractivity contribution in [1.29, 1.82) is 0 Å². The molecule has 0 aliphatic carbocycles. The minimum Gasteiger partial charge on any atom is -0.376 e. The van der Waals surface area contributed by atoms with Crippen LogP contribution in [-0.4, -0.2) is 5.11 Å². The molecule has 0 aliphatic heterocycles. The molecule has 12 heavy (non-hydrogen) atoms. The van der Waals surface area contributed by atoms with Gasteiger partial charge >= 0.3 is 0 Å². The largest absolute Gasteiger partial charge is 0.376 e. The quantitative estimate of drug-likeness (QED) is 0.780. The number of halogens is 1. The van der Waals surface area contributed by atoms with Crippen LogP contribution in [0.4, 0.5) is 0 Å². The van der Waals surface area contributed by atoms with Gasteiger partial charge in [0.2, 0.25) is 0 Å². The Kier molecular flexibility index (Phi) is 3.49. The predicted octanol–water partition coefficient (Wildman–Crippen LogP) is 1.78. The molecule has 0 bridgehead atoms. The van der Waals surface area contributed by atoms with E-state index in [1.165, 1.54) is 0 Å². The van der Waals surface area contributed by atoms with Gasteiger partial charge < -0.3 is 11.1 Å². The summed E-state index contributed by atoms with van der Waals surface area (Å²) in [4.78, 5) is 0. The van der Waals surface area contributed by atoms with Crippen molar-refractivity contribution in [2.24, 2.45) is 5.73 Å². The lowest BCUT2D eigenvalue weighted by atomic mass is 10.2. The number of nitrogens with two attached hydrogens (primary N) is 1. The van der Waals surface area contributed by atoms with Gasteiger partial charge in [0.15, 0.2) is 5.11 Å². The van der Waals surface area contributed by atoms with E-state index in [-0.39, 0.29) is 0 Å². The van der Waals surface area contributed by atoms with E-state index >= 15 is 0 Å². The van der Waals surface area contributed by atoms with E-state index in [0.717, 1.165) is 10.0 Å². The van der Waals surface area contributed by atoms with Crippen LogP contribution in [0.25, 0.3) is 0 Å². The molecule has 4 heteroatoms. The van der Waals surface area contributed by atoms with E-state index in [1.54, 1.807) is 0 Å². The second-order valence-corrected chi connectivity index (χ2v) is 3.70. The Bertz CT molecular complexity index is 288. The molecule has 1 aromatic carbocycles. The Hall–Kier alpha value is -0.610. The maximum Gasteiger partial charge on any atom is 0.163 e. The van der Waals surface area contributed by atoms with Gasteiger partial charge in [0, 0.05) is 11.0 Å². The summed E-state index contributed by atoms with van der Waals surface area (Å²) < 4.78 is 1.06. The molecule has 2 nitrogen and oxygen atoms in total. The first-order chi connectivity index (χ1) is 5.68. The maximum absolute atomic E-state index is 5.29. The van der Waals surface area contributed by atoms with Crippen LogP contribution in [0.1, 0.15) is 5.56 Å². The summed E-state index contributed by atoms with van der Waals surface area (Å²) in [7, 11) is 0. The van der Waals surface area contributed by atoms with Crippen LogP contribution in [0.5, 0.6) is 0 Å². The smallest absolute Gasteiger partial charge is 0.163 e. The van der Waals surface area contributed by atoms with Crippen molar-refractivity contribution < 1.29 is 0 Å². The molecule has 0 heterocycles. The van der Waals surface area contributed by atoms with Gasteiger partial charge in [-0.2, -0.15) is 0 Å². The number of benzene rings is 1. The van der Waals surface area contributed by atoms with Crippen LogP contribution in [0.3, 0.4) is 0 Å². The van der Waals surface area contributed by atoms with Crippen LogP contribution >= 0.6 is 28.1 Å². The summed E-state index contributed by atoms with van der Waals surface area (Å²) in [5.74, 6) is 0. The third kappa shape index (κ3) is 3.19. The Morgan fingerprint density at radius 1 is 1.58 bits per heavy atom. The lowest BCUT2D eigenvalue weighted by molar-refractivity contribution is 0.919. The summed E-state index contributed by atoms with van der Waals surface area (Å²) in [5.41, 5.74) is 6.44. The first-order valence-corrected chi connectivity index (χ1v) is 4.66. The Morgan fingerprint density at radius 3 is 2.92 bits per heavy atom. The van der Waals surface area contributed by atoms with E-state index in [4.69, 9.17) is 5.73 Å². The molecule has 1 rings (SSSR count). The third-order valence-electron chi connectivity index (χ3n) is 1.36. The van der Waals surface area contributed by atoms with Gasteiger partial charge in [-0.1, -0.05) is 28.1 Å². The van der Waals surface area contributed by atoms with Crippen molar-refractivity contribution >= 4 is 33.3 Å². The van der Waals surface area contributed by atoms with E-state index in [2.05, 4.69) is 33.5 Å². The van der Waals surface area contributed by atoms with Gasteiger partial charge in [0.05, 0.1) is 0 Å². The van der Waals surface area contributed by atoms with Crippen LogP contribution in [-0.2, 0) is 6.54 Å². The minimum atomic E-state index is 0.329. The summed E-state index contributed by atoms with van der Waals surface area (Å²) in [5, 5.41) is 3.21. The highest BCUT2D eigenvalue weighted by Gasteiger charge is 1.93. The van der Waals surface area contributed by atoms with Gasteiger partial charge in [-0.05, 0) is 29.9 Å². The Balaban J connectivity index is 2.57. The second-order valence-electron chi connectivity index (χ2n) is 2.35.